The Balaban J connectivity index is 1.81. The molecule has 2 fully saturated rings. The molecule has 2 N–H and O–H groups in total. The zero-order valence-electron chi connectivity index (χ0n) is 10.2. The van der Waals surface area contributed by atoms with Gasteiger partial charge in [-0.1, -0.05) is 26.7 Å². The summed E-state index contributed by atoms with van der Waals surface area (Å²) < 4.78 is 5.83. The molecule has 1 aliphatic heterocycles. The number of rotatable bonds is 5. The van der Waals surface area contributed by atoms with E-state index in [2.05, 4.69) is 13.8 Å². The lowest BCUT2D eigenvalue weighted by Crippen LogP contribution is -2.48. The number of ether oxygens (including phenoxy) is 1. The van der Waals surface area contributed by atoms with E-state index in [-0.39, 0.29) is 5.54 Å². The Bertz CT molecular complexity index is 213. The van der Waals surface area contributed by atoms with E-state index in [9.17, 15) is 0 Å². The number of hydrogen-bond donors (Lipinski definition) is 1. The predicted octanol–water partition coefficient (Wildman–Crippen LogP) is 2.71. The van der Waals surface area contributed by atoms with Gasteiger partial charge in [-0.3, -0.25) is 0 Å². The van der Waals surface area contributed by atoms with Gasteiger partial charge in [0.2, 0.25) is 0 Å². The van der Waals surface area contributed by atoms with Crippen LogP contribution in [0.2, 0.25) is 0 Å². The van der Waals surface area contributed by atoms with E-state index in [0.29, 0.717) is 6.10 Å². The summed E-state index contributed by atoms with van der Waals surface area (Å²) in [4.78, 5) is 0. The highest BCUT2D eigenvalue weighted by atomic mass is 16.5. The highest BCUT2D eigenvalue weighted by molar-refractivity contribution is 5.03. The first-order chi connectivity index (χ1) is 7.12. The van der Waals surface area contributed by atoms with Crippen molar-refractivity contribution in [3.8, 4) is 0 Å². The minimum Gasteiger partial charge on any atom is -0.376 e. The maximum Gasteiger partial charge on any atom is 0.0783 e. The third-order valence-electron chi connectivity index (χ3n) is 3.91. The molecule has 1 heterocycles. The minimum absolute atomic E-state index is 0.00998. The maximum atomic E-state index is 6.51. The molecule has 88 valence electrons. The molecule has 0 spiro atoms. The van der Waals surface area contributed by atoms with E-state index < -0.39 is 0 Å². The lowest BCUT2D eigenvalue weighted by Gasteiger charge is -2.30. The minimum atomic E-state index is 0.00998. The molecule has 0 amide bonds. The van der Waals surface area contributed by atoms with Gasteiger partial charge >= 0.3 is 0 Å². The van der Waals surface area contributed by atoms with Crippen LogP contribution in [0.15, 0.2) is 0 Å². The van der Waals surface area contributed by atoms with Crippen molar-refractivity contribution in [3.63, 3.8) is 0 Å². The maximum absolute atomic E-state index is 6.51. The Morgan fingerprint density at radius 3 is 2.73 bits per heavy atom. The molecular formula is C13H25NO. The molecule has 2 unspecified atom stereocenters. The number of nitrogens with two attached hydrogens (primary N) is 1. The van der Waals surface area contributed by atoms with Gasteiger partial charge in [0, 0.05) is 12.1 Å². The fourth-order valence-corrected chi connectivity index (χ4v) is 2.80. The summed E-state index contributed by atoms with van der Waals surface area (Å²) in [5.41, 5.74) is 6.52. The van der Waals surface area contributed by atoms with Gasteiger partial charge in [-0.25, -0.2) is 0 Å². The van der Waals surface area contributed by atoms with Crippen molar-refractivity contribution in [2.24, 2.45) is 17.6 Å². The topological polar surface area (TPSA) is 35.2 Å². The van der Waals surface area contributed by atoms with Crippen LogP contribution in [0, 0.1) is 11.8 Å². The monoisotopic (exact) mass is 211 g/mol. The van der Waals surface area contributed by atoms with Gasteiger partial charge in [0.05, 0.1) is 6.10 Å². The van der Waals surface area contributed by atoms with Crippen molar-refractivity contribution >= 4 is 0 Å². The Hall–Kier alpha value is -0.0800. The second-order valence-electron chi connectivity index (χ2n) is 5.90. The van der Waals surface area contributed by atoms with Crippen LogP contribution in [0.25, 0.3) is 0 Å². The molecule has 2 rings (SSSR count). The van der Waals surface area contributed by atoms with Crippen LogP contribution in [-0.4, -0.2) is 18.2 Å². The molecule has 2 nitrogen and oxygen atoms in total. The van der Waals surface area contributed by atoms with Crippen molar-refractivity contribution in [2.45, 2.75) is 64.0 Å². The largest absolute Gasteiger partial charge is 0.376 e. The van der Waals surface area contributed by atoms with Crippen molar-refractivity contribution in [1.29, 1.82) is 0 Å². The molecule has 15 heavy (non-hydrogen) atoms. The van der Waals surface area contributed by atoms with Crippen LogP contribution < -0.4 is 5.73 Å². The molecule has 2 aliphatic rings. The lowest BCUT2D eigenvalue weighted by molar-refractivity contribution is 0.0592. The van der Waals surface area contributed by atoms with Gasteiger partial charge in [-0.2, -0.15) is 0 Å². The van der Waals surface area contributed by atoms with Crippen LogP contribution in [0.3, 0.4) is 0 Å². The third kappa shape index (κ3) is 2.73. The second-order valence-corrected chi connectivity index (χ2v) is 5.90. The van der Waals surface area contributed by atoms with E-state index >= 15 is 0 Å². The lowest BCUT2D eigenvalue weighted by atomic mass is 9.84. The van der Waals surface area contributed by atoms with Crippen LogP contribution in [-0.2, 0) is 4.74 Å². The van der Waals surface area contributed by atoms with E-state index in [1.54, 1.807) is 0 Å². The van der Waals surface area contributed by atoms with E-state index in [0.717, 1.165) is 31.3 Å². The quantitative estimate of drug-likeness (QED) is 0.759. The third-order valence-corrected chi connectivity index (χ3v) is 3.91. The Labute approximate surface area is 93.6 Å². The van der Waals surface area contributed by atoms with Crippen molar-refractivity contribution in [2.75, 3.05) is 6.61 Å². The van der Waals surface area contributed by atoms with Gasteiger partial charge in [0.1, 0.15) is 0 Å². The molecule has 0 radical (unpaired) electrons. The summed E-state index contributed by atoms with van der Waals surface area (Å²) in [6, 6.07) is 0. The first kappa shape index (κ1) is 11.4. The Morgan fingerprint density at radius 2 is 2.13 bits per heavy atom. The standard InChI is InChI=1S/C13H25NO/c1-10(2)4-3-7-13(14)8-9-15-12(13)11-5-6-11/h10-12H,3-9,14H2,1-2H3. The highest BCUT2D eigenvalue weighted by Crippen LogP contribution is 2.44. The van der Waals surface area contributed by atoms with Gasteiger partial charge in [0.15, 0.2) is 0 Å². The van der Waals surface area contributed by atoms with Crippen molar-refractivity contribution < 1.29 is 4.74 Å². The fraction of sp³-hybridized carbons (Fsp3) is 1.00. The predicted molar refractivity (Wildman–Crippen MR) is 62.7 cm³/mol. The Kier molecular flexibility index (Phi) is 3.36. The molecule has 2 atom stereocenters. The summed E-state index contributed by atoms with van der Waals surface area (Å²) in [6.07, 6.45) is 7.86. The summed E-state index contributed by atoms with van der Waals surface area (Å²) in [5, 5.41) is 0. The number of hydrogen-bond acceptors (Lipinski definition) is 2. The zero-order valence-corrected chi connectivity index (χ0v) is 10.2. The van der Waals surface area contributed by atoms with E-state index in [1.165, 1.54) is 25.7 Å². The van der Waals surface area contributed by atoms with Crippen LogP contribution in [0.4, 0.5) is 0 Å². The van der Waals surface area contributed by atoms with Crippen molar-refractivity contribution in [3.05, 3.63) is 0 Å². The summed E-state index contributed by atoms with van der Waals surface area (Å²) >= 11 is 0. The first-order valence-electron chi connectivity index (χ1n) is 6.52. The highest BCUT2D eigenvalue weighted by Gasteiger charge is 2.48. The molecule has 0 aromatic rings. The van der Waals surface area contributed by atoms with Crippen LogP contribution in [0.5, 0.6) is 0 Å². The molecule has 2 heteroatoms. The second kappa shape index (κ2) is 4.42. The molecule has 0 bridgehead atoms. The van der Waals surface area contributed by atoms with Gasteiger partial charge in [-0.05, 0) is 37.5 Å². The molecular weight excluding hydrogens is 186 g/mol. The van der Waals surface area contributed by atoms with E-state index in [4.69, 9.17) is 10.5 Å². The summed E-state index contributed by atoms with van der Waals surface area (Å²) in [5.74, 6) is 1.59. The van der Waals surface area contributed by atoms with Crippen LogP contribution >= 0.6 is 0 Å². The average Bonchev–Trinajstić information content (AvgIpc) is 2.90. The summed E-state index contributed by atoms with van der Waals surface area (Å²) in [7, 11) is 0. The van der Waals surface area contributed by atoms with Crippen molar-refractivity contribution in [1.82, 2.24) is 0 Å². The van der Waals surface area contributed by atoms with Gasteiger partial charge < -0.3 is 10.5 Å². The Morgan fingerprint density at radius 1 is 1.40 bits per heavy atom. The first-order valence-corrected chi connectivity index (χ1v) is 6.52. The van der Waals surface area contributed by atoms with Gasteiger partial charge in [0.25, 0.3) is 0 Å². The smallest absolute Gasteiger partial charge is 0.0783 e. The average molecular weight is 211 g/mol. The zero-order chi connectivity index (χ0) is 10.9. The summed E-state index contributed by atoms with van der Waals surface area (Å²) in [6.45, 7) is 5.46. The SMILES string of the molecule is CC(C)CCCC1(N)CCOC1C1CC1. The normalized spacial score (nSPS) is 36.4. The van der Waals surface area contributed by atoms with Crippen LogP contribution in [0.1, 0.15) is 52.4 Å². The molecule has 0 aromatic carbocycles. The van der Waals surface area contributed by atoms with E-state index in [1.807, 2.05) is 0 Å². The fourth-order valence-electron chi connectivity index (χ4n) is 2.80. The molecule has 0 aromatic heterocycles. The molecule has 1 aliphatic carbocycles. The van der Waals surface area contributed by atoms with Gasteiger partial charge in [-0.15, -0.1) is 0 Å². The molecule has 1 saturated carbocycles. The molecule has 1 saturated heterocycles.